The largest absolute Gasteiger partial charge is 0.460 e. The maximum atomic E-state index is 10.4. The molecule has 0 rings (SSSR count). The Morgan fingerprint density at radius 3 is 2.36 bits per heavy atom. The number of carbonyl (C=O) groups is 1. The fourth-order valence-electron chi connectivity index (χ4n) is 0.427. The van der Waals surface area contributed by atoms with Gasteiger partial charge in [-0.3, -0.25) is 0 Å². The van der Waals surface area contributed by atoms with Gasteiger partial charge in [-0.2, -0.15) is 0 Å². The molecule has 5 nitrogen and oxygen atoms in total. The van der Waals surface area contributed by atoms with E-state index in [0.29, 0.717) is 6.61 Å². The van der Waals surface area contributed by atoms with Gasteiger partial charge < -0.3 is 19.3 Å². The molecule has 0 unspecified atom stereocenters. The van der Waals surface area contributed by atoms with Crippen LogP contribution in [-0.4, -0.2) is 51.7 Å². The van der Waals surface area contributed by atoms with Crippen molar-refractivity contribution >= 4 is 5.97 Å². The Hall–Kier alpha value is -0.910. The van der Waals surface area contributed by atoms with Crippen LogP contribution in [0.3, 0.4) is 0 Å². The predicted octanol–water partition coefficient (Wildman–Crippen LogP) is -0.0129. The van der Waals surface area contributed by atoms with Gasteiger partial charge in [0.1, 0.15) is 6.61 Å². The molecule has 0 saturated carbocycles. The van der Waals surface area contributed by atoms with Crippen molar-refractivity contribution in [1.82, 2.24) is 0 Å². The molecule has 0 spiro atoms. The van der Waals surface area contributed by atoms with Gasteiger partial charge in [-0.25, -0.2) is 4.79 Å². The van der Waals surface area contributed by atoms with Crippen molar-refractivity contribution in [2.75, 3.05) is 40.6 Å². The van der Waals surface area contributed by atoms with Crippen LogP contribution < -0.4 is 0 Å². The minimum atomic E-state index is -0.461. The standard InChI is InChI=1S/C7H12O4.C2H6O/c1-2-7(9)11-6-5-10-4-3-8;1-3-2/h2,8H,1,3-6H2;1-2H3. The zero-order valence-corrected chi connectivity index (χ0v) is 8.69. The number of carbonyl (C=O) groups excluding carboxylic acids is 1. The highest BCUT2D eigenvalue weighted by molar-refractivity contribution is 5.81. The van der Waals surface area contributed by atoms with Crippen LogP contribution in [0.15, 0.2) is 12.7 Å². The molecule has 0 aliphatic rings. The summed E-state index contributed by atoms with van der Waals surface area (Å²) in [5.41, 5.74) is 0. The third-order valence-corrected chi connectivity index (χ3v) is 0.874. The van der Waals surface area contributed by atoms with Crippen molar-refractivity contribution in [3.63, 3.8) is 0 Å². The van der Waals surface area contributed by atoms with Crippen LogP contribution in [-0.2, 0) is 19.0 Å². The van der Waals surface area contributed by atoms with E-state index in [4.69, 9.17) is 9.84 Å². The minimum Gasteiger partial charge on any atom is -0.460 e. The van der Waals surface area contributed by atoms with Crippen LogP contribution in [0.4, 0.5) is 0 Å². The van der Waals surface area contributed by atoms with Crippen LogP contribution in [0.25, 0.3) is 0 Å². The highest BCUT2D eigenvalue weighted by Gasteiger charge is 1.93. The van der Waals surface area contributed by atoms with E-state index >= 15 is 0 Å². The molecule has 5 heteroatoms. The molecule has 0 aliphatic heterocycles. The molecule has 0 saturated heterocycles. The summed E-state index contributed by atoms with van der Waals surface area (Å²) in [4.78, 5) is 10.4. The summed E-state index contributed by atoms with van der Waals surface area (Å²) >= 11 is 0. The molecule has 1 N–H and O–H groups in total. The van der Waals surface area contributed by atoms with Crippen molar-refractivity contribution in [3.05, 3.63) is 12.7 Å². The second kappa shape index (κ2) is 14.6. The second-order valence-corrected chi connectivity index (χ2v) is 2.12. The Morgan fingerprint density at radius 1 is 1.36 bits per heavy atom. The van der Waals surface area contributed by atoms with Crippen molar-refractivity contribution in [2.45, 2.75) is 0 Å². The molecule has 0 fully saturated rings. The molecular weight excluding hydrogens is 188 g/mol. The highest BCUT2D eigenvalue weighted by atomic mass is 16.6. The first-order valence-electron chi connectivity index (χ1n) is 4.10. The molecule has 0 aromatic rings. The molecule has 0 atom stereocenters. The average Bonchev–Trinajstić information content (AvgIpc) is 2.18. The van der Waals surface area contributed by atoms with Gasteiger partial charge in [0, 0.05) is 20.3 Å². The van der Waals surface area contributed by atoms with Gasteiger partial charge in [0.2, 0.25) is 0 Å². The highest BCUT2D eigenvalue weighted by Crippen LogP contribution is 1.80. The maximum absolute atomic E-state index is 10.4. The number of hydrogen-bond donors (Lipinski definition) is 1. The first-order valence-corrected chi connectivity index (χ1v) is 4.10. The number of esters is 1. The van der Waals surface area contributed by atoms with E-state index < -0.39 is 5.97 Å². The molecule has 84 valence electrons. The summed E-state index contributed by atoms with van der Waals surface area (Å²) in [5.74, 6) is -0.461. The second-order valence-electron chi connectivity index (χ2n) is 2.12. The first-order chi connectivity index (χ1) is 6.72. The number of ether oxygens (including phenoxy) is 3. The zero-order valence-electron chi connectivity index (χ0n) is 8.69. The van der Waals surface area contributed by atoms with E-state index in [2.05, 4.69) is 16.1 Å². The molecule has 0 aliphatic carbocycles. The lowest BCUT2D eigenvalue weighted by molar-refractivity contribution is -0.139. The quantitative estimate of drug-likeness (QED) is 0.376. The van der Waals surface area contributed by atoms with Gasteiger partial charge in [0.05, 0.1) is 19.8 Å². The Morgan fingerprint density at radius 2 is 1.93 bits per heavy atom. The Bertz CT molecular complexity index is 135. The Kier molecular flexibility index (Phi) is 16.2. The van der Waals surface area contributed by atoms with E-state index in [1.807, 2.05) is 0 Å². The number of hydrogen-bond acceptors (Lipinski definition) is 5. The summed E-state index contributed by atoms with van der Waals surface area (Å²) < 4.78 is 13.6. The summed E-state index contributed by atoms with van der Waals surface area (Å²) in [6.07, 6.45) is 1.09. The summed E-state index contributed by atoms with van der Waals surface area (Å²) in [6, 6.07) is 0. The van der Waals surface area contributed by atoms with Crippen LogP contribution in [0.1, 0.15) is 0 Å². The number of rotatable bonds is 6. The Balaban J connectivity index is 0. The maximum Gasteiger partial charge on any atom is 0.330 e. The van der Waals surface area contributed by atoms with Gasteiger partial charge in [0.25, 0.3) is 0 Å². The number of methoxy groups -OCH3 is 1. The lowest BCUT2D eigenvalue weighted by atomic mass is 10.6. The lowest BCUT2D eigenvalue weighted by Gasteiger charge is -2.01. The molecule has 0 radical (unpaired) electrons. The van der Waals surface area contributed by atoms with Gasteiger partial charge in [0.15, 0.2) is 0 Å². The minimum absolute atomic E-state index is 0.0184. The average molecular weight is 206 g/mol. The van der Waals surface area contributed by atoms with E-state index in [-0.39, 0.29) is 19.8 Å². The van der Waals surface area contributed by atoms with E-state index in [9.17, 15) is 4.79 Å². The normalized spacial score (nSPS) is 8.50. The fourth-order valence-corrected chi connectivity index (χ4v) is 0.427. The smallest absolute Gasteiger partial charge is 0.330 e. The number of aliphatic hydroxyl groups excluding tert-OH is 1. The van der Waals surface area contributed by atoms with Gasteiger partial charge in [-0.05, 0) is 0 Å². The van der Waals surface area contributed by atoms with Crippen LogP contribution in [0.2, 0.25) is 0 Å². The summed E-state index contributed by atoms with van der Waals surface area (Å²) in [7, 11) is 3.25. The van der Waals surface area contributed by atoms with E-state index in [0.717, 1.165) is 6.08 Å². The fraction of sp³-hybridized carbons (Fsp3) is 0.667. The third-order valence-electron chi connectivity index (χ3n) is 0.874. The van der Waals surface area contributed by atoms with Crippen LogP contribution in [0, 0.1) is 0 Å². The monoisotopic (exact) mass is 206 g/mol. The van der Waals surface area contributed by atoms with Crippen molar-refractivity contribution in [3.8, 4) is 0 Å². The van der Waals surface area contributed by atoms with Gasteiger partial charge in [-0.15, -0.1) is 0 Å². The summed E-state index contributed by atoms with van der Waals surface area (Å²) in [6.45, 7) is 3.98. The Labute approximate surface area is 84.3 Å². The van der Waals surface area contributed by atoms with Gasteiger partial charge >= 0.3 is 5.97 Å². The van der Waals surface area contributed by atoms with Crippen molar-refractivity contribution in [1.29, 1.82) is 0 Å². The van der Waals surface area contributed by atoms with Crippen LogP contribution in [0.5, 0.6) is 0 Å². The molecular formula is C9H18O5. The molecule has 0 heterocycles. The molecule has 0 amide bonds. The zero-order chi connectivity index (χ0) is 11.2. The SMILES string of the molecule is C=CC(=O)OCCOCCO.COC. The molecule has 14 heavy (non-hydrogen) atoms. The van der Waals surface area contributed by atoms with Gasteiger partial charge in [-0.1, -0.05) is 6.58 Å². The first kappa shape index (κ1) is 15.6. The predicted molar refractivity (Wildman–Crippen MR) is 52.0 cm³/mol. The van der Waals surface area contributed by atoms with Crippen molar-refractivity contribution in [2.24, 2.45) is 0 Å². The van der Waals surface area contributed by atoms with Crippen molar-refractivity contribution < 1.29 is 24.1 Å². The topological polar surface area (TPSA) is 65.0 Å². The van der Waals surface area contributed by atoms with Crippen LogP contribution >= 0.6 is 0 Å². The van der Waals surface area contributed by atoms with E-state index in [1.165, 1.54) is 0 Å². The molecule has 0 aromatic carbocycles. The molecule has 0 aromatic heterocycles. The lowest BCUT2D eigenvalue weighted by Crippen LogP contribution is -2.09. The number of aliphatic hydroxyl groups is 1. The molecule has 0 bridgehead atoms. The third kappa shape index (κ3) is 17.3. The summed E-state index contributed by atoms with van der Waals surface area (Å²) in [5, 5.41) is 8.27. The van der Waals surface area contributed by atoms with E-state index in [1.54, 1.807) is 14.2 Å².